The summed E-state index contributed by atoms with van der Waals surface area (Å²) in [5.41, 5.74) is 3.27. The van der Waals surface area contributed by atoms with Crippen LogP contribution in [-0.4, -0.2) is 46.7 Å². The number of hydrogen-bond donors (Lipinski definition) is 1. The molecule has 2 heterocycles. The van der Waals surface area contributed by atoms with E-state index in [1.807, 2.05) is 25.3 Å². The predicted molar refractivity (Wildman–Crippen MR) is 112 cm³/mol. The first-order valence-corrected chi connectivity index (χ1v) is 10.4. The molecular weight excluding hydrogens is 354 g/mol. The van der Waals surface area contributed by atoms with Crippen LogP contribution in [0.3, 0.4) is 0 Å². The molecule has 1 N–H and O–H groups in total. The Kier molecular flexibility index (Phi) is 6.28. The zero-order chi connectivity index (χ0) is 20.3. The van der Waals surface area contributed by atoms with Crippen LogP contribution in [0.1, 0.15) is 70.4 Å². The van der Waals surface area contributed by atoms with E-state index in [2.05, 4.69) is 35.1 Å². The zero-order valence-corrected chi connectivity index (χ0v) is 17.5. The molecule has 2 aliphatic rings. The van der Waals surface area contributed by atoms with Crippen molar-refractivity contribution in [1.29, 1.82) is 0 Å². The Morgan fingerprint density at radius 1 is 1.21 bits per heavy atom. The molecule has 28 heavy (non-hydrogen) atoms. The van der Waals surface area contributed by atoms with E-state index in [4.69, 9.17) is 4.74 Å². The number of aromatic nitrogens is 2. The highest BCUT2D eigenvalue weighted by Crippen LogP contribution is 2.41. The molecule has 0 bridgehead atoms. The minimum absolute atomic E-state index is 0.0579. The van der Waals surface area contributed by atoms with Crippen molar-refractivity contribution < 1.29 is 9.53 Å². The number of ether oxygens (including phenoxy) is 1. The number of nitrogens with zero attached hydrogens (tertiary/aromatic N) is 2. The second kappa shape index (κ2) is 8.52. The molecule has 0 atom stereocenters. The third-order valence-electron chi connectivity index (χ3n) is 6.06. The van der Waals surface area contributed by atoms with Gasteiger partial charge in [0.25, 0.3) is 6.47 Å². The van der Waals surface area contributed by atoms with Crippen molar-refractivity contribution in [3.05, 3.63) is 34.2 Å². The summed E-state index contributed by atoms with van der Waals surface area (Å²) in [6.07, 6.45) is 5.59. The molecule has 0 spiro atoms. The van der Waals surface area contributed by atoms with Gasteiger partial charge in [-0.3, -0.25) is 9.36 Å². The number of H-pyrrole nitrogens is 1. The molecule has 1 aliphatic carbocycles. The van der Waals surface area contributed by atoms with Crippen molar-refractivity contribution in [3.63, 3.8) is 0 Å². The lowest BCUT2D eigenvalue weighted by Crippen LogP contribution is -2.34. The average molecular weight is 388 g/mol. The topological polar surface area (TPSA) is 67.3 Å². The highest BCUT2D eigenvalue weighted by molar-refractivity contribution is 5.76. The highest BCUT2D eigenvalue weighted by Gasteiger charge is 2.26. The number of aromatic amines is 1. The Morgan fingerprint density at radius 3 is 2.43 bits per heavy atom. The van der Waals surface area contributed by atoms with E-state index < -0.39 is 0 Å². The normalized spacial score (nSPS) is 18.6. The summed E-state index contributed by atoms with van der Waals surface area (Å²) in [4.78, 5) is 27.4. The molecule has 0 radical (unpaired) electrons. The van der Waals surface area contributed by atoms with E-state index >= 15 is 0 Å². The average Bonchev–Trinajstić information content (AvgIpc) is 3.46. The van der Waals surface area contributed by atoms with Crippen LogP contribution in [0.5, 0.6) is 0 Å². The summed E-state index contributed by atoms with van der Waals surface area (Å²) < 4.78 is 6.71. The van der Waals surface area contributed by atoms with Gasteiger partial charge in [0.05, 0.1) is 11.0 Å². The third-order valence-corrected chi connectivity index (χ3v) is 6.06. The molecule has 2 fully saturated rings. The summed E-state index contributed by atoms with van der Waals surface area (Å²) in [5.74, 6) is 0.732. The van der Waals surface area contributed by atoms with Crippen LogP contribution in [0.4, 0.5) is 0 Å². The minimum atomic E-state index is -0.276. The number of hydrogen-bond acceptors (Lipinski definition) is 4. The van der Waals surface area contributed by atoms with E-state index in [0.717, 1.165) is 49.3 Å². The van der Waals surface area contributed by atoms with Gasteiger partial charge < -0.3 is 14.6 Å². The van der Waals surface area contributed by atoms with E-state index in [0.29, 0.717) is 12.5 Å². The van der Waals surface area contributed by atoms with Crippen LogP contribution in [-0.2, 0) is 9.53 Å². The van der Waals surface area contributed by atoms with E-state index in [-0.39, 0.29) is 11.3 Å². The van der Waals surface area contributed by atoms with Crippen molar-refractivity contribution in [2.45, 2.75) is 70.4 Å². The van der Waals surface area contributed by atoms with Gasteiger partial charge in [0.15, 0.2) is 0 Å². The Balaban J connectivity index is 0.000000242. The summed E-state index contributed by atoms with van der Waals surface area (Å²) >= 11 is 0. The number of nitrogens with one attached hydrogen (secondary N) is 1. The summed E-state index contributed by atoms with van der Waals surface area (Å²) in [5, 5.41) is 0. The summed E-state index contributed by atoms with van der Waals surface area (Å²) in [6, 6.07) is 6.84. The first-order chi connectivity index (χ1) is 13.3. The number of carbonyl (C=O) groups excluding carboxylic acids is 1. The summed E-state index contributed by atoms with van der Waals surface area (Å²) in [6.45, 7) is 8.37. The van der Waals surface area contributed by atoms with Gasteiger partial charge in [-0.1, -0.05) is 13.0 Å². The number of rotatable bonds is 5. The molecule has 6 nitrogen and oxygen atoms in total. The third kappa shape index (κ3) is 4.85. The molecule has 2 aromatic rings. The minimum Gasteiger partial charge on any atom is -0.462 e. The predicted octanol–water partition coefficient (Wildman–Crippen LogP) is 3.82. The van der Waals surface area contributed by atoms with Gasteiger partial charge in [-0.15, -0.1) is 0 Å². The Morgan fingerprint density at radius 2 is 1.89 bits per heavy atom. The molecular formula is C22H33N3O3. The van der Waals surface area contributed by atoms with Gasteiger partial charge in [0, 0.05) is 6.04 Å². The second-order valence-corrected chi connectivity index (χ2v) is 8.71. The Bertz CT molecular complexity index is 856. The second-order valence-electron chi connectivity index (χ2n) is 8.71. The fraction of sp³-hybridized carbons (Fsp3) is 0.636. The van der Waals surface area contributed by atoms with Crippen LogP contribution in [0.25, 0.3) is 11.0 Å². The summed E-state index contributed by atoms with van der Waals surface area (Å²) in [7, 11) is 2.15. The maximum atomic E-state index is 12.3. The van der Waals surface area contributed by atoms with Gasteiger partial charge in [0.2, 0.25) is 0 Å². The fourth-order valence-corrected chi connectivity index (χ4v) is 3.64. The highest BCUT2D eigenvalue weighted by atomic mass is 16.5. The number of carbonyl (C=O) groups is 1. The van der Waals surface area contributed by atoms with Crippen molar-refractivity contribution in [2.75, 3.05) is 20.1 Å². The first-order valence-electron chi connectivity index (χ1n) is 10.4. The van der Waals surface area contributed by atoms with Crippen molar-refractivity contribution in [2.24, 2.45) is 0 Å². The monoisotopic (exact) mass is 387 g/mol. The molecule has 4 rings (SSSR count). The SMILES string of the molecule is CCC(C)(C)OC=O.CN1CCC(n2c(=O)[nH]c3ccc(C4CC4)cc32)CC1. The molecule has 6 heteroatoms. The fourth-order valence-electron chi connectivity index (χ4n) is 3.64. The number of likely N-dealkylation sites (tertiary alicyclic amines) is 1. The van der Waals surface area contributed by atoms with Crippen molar-refractivity contribution in [1.82, 2.24) is 14.5 Å². The van der Waals surface area contributed by atoms with Gasteiger partial charge in [-0.25, -0.2) is 4.79 Å². The van der Waals surface area contributed by atoms with Crippen molar-refractivity contribution in [3.8, 4) is 0 Å². The molecule has 1 aliphatic heterocycles. The maximum absolute atomic E-state index is 12.3. The van der Waals surface area contributed by atoms with Gasteiger partial charge in [0.1, 0.15) is 5.60 Å². The molecule has 1 aromatic heterocycles. The van der Waals surface area contributed by atoms with Gasteiger partial charge in [-0.05, 0) is 89.7 Å². The number of imidazole rings is 1. The molecule has 0 amide bonds. The molecule has 1 saturated heterocycles. The van der Waals surface area contributed by atoms with Crippen LogP contribution in [0.15, 0.2) is 23.0 Å². The van der Waals surface area contributed by atoms with Gasteiger partial charge in [-0.2, -0.15) is 0 Å². The molecule has 154 valence electrons. The molecule has 0 unspecified atom stereocenters. The van der Waals surface area contributed by atoms with E-state index in [1.165, 1.54) is 18.4 Å². The Hall–Kier alpha value is -2.08. The van der Waals surface area contributed by atoms with E-state index in [9.17, 15) is 9.59 Å². The molecule has 1 saturated carbocycles. The standard InChI is InChI=1S/C16H21N3O.C6H12O2/c1-18-8-6-13(7-9-18)19-15-10-12(11-2-3-11)4-5-14(15)17-16(19)20;1-4-6(2,3)8-5-7/h4-5,10-11,13H,2-3,6-9H2,1H3,(H,17,20);5H,4H2,1-3H3. The Labute approximate surface area is 166 Å². The first kappa shape index (κ1) is 20.6. The number of benzene rings is 1. The van der Waals surface area contributed by atoms with E-state index in [1.54, 1.807) is 0 Å². The lowest BCUT2D eigenvalue weighted by atomic mass is 10.0. The molecule has 1 aromatic carbocycles. The van der Waals surface area contributed by atoms with Crippen LogP contribution >= 0.6 is 0 Å². The van der Waals surface area contributed by atoms with Gasteiger partial charge >= 0.3 is 5.69 Å². The largest absolute Gasteiger partial charge is 0.462 e. The van der Waals surface area contributed by atoms with Crippen LogP contribution in [0.2, 0.25) is 0 Å². The van der Waals surface area contributed by atoms with Crippen LogP contribution < -0.4 is 5.69 Å². The lowest BCUT2D eigenvalue weighted by Gasteiger charge is -2.29. The maximum Gasteiger partial charge on any atom is 0.326 e. The quantitative estimate of drug-likeness (QED) is 0.792. The van der Waals surface area contributed by atoms with Crippen molar-refractivity contribution >= 4 is 17.5 Å². The zero-order valence-electron chi connectivity index (χ0n) is 17.5. The number of fused-ring (bicyclic) bond motifs is 1. The number of piperidine rings is 1. The smallest absolute Gasteiger partial charge is 0.326 e. The lowest BCUT2D eigenvalue weighted by molar-refractivity contribution is -0.140. The van der Waals surface area contributed by atoms with Crippen LogP contribution in [0, 0.1) is 0 Å².